The smallest absolute Gasteiger partial charge is 0.113 e. The van der Waals surface area contributed by atoms with Crippen LogP contribution in [0.3, 0.4) is 0 Å². The minimum absolute atomic E-state index is 0.0606. The molecule has 50 heavy (non-hydrogen) atoms. The van der Waals surface area contributed by atoms with Gasteiger partial charge in [-0.2, -0.15) is 0 Å². The molecule has 0 spiro atoms. The molecule has 0 bridgehead atoms. The monoisotopic (exact) mass is 656 g/mol. The SMILES string of the molecule is CC1(C)c2ccccc2-c2ccc(-c3ccc4c(-c5ccccn5)c5cc6c(cc5c(-c5ccccn5)c4c3)[Si](C)(C)c3ccccc3-6)cc21. The summed E-state index contributed by atoms with van der Waals surface area (Å²) < 4.78 is 0. The number of hydrogen-bond donors (Lipinski definition) is 0. The van der Waals surface area contributed by atoms with Gasteiger partial charge in [-0.1, -0.05) is 118 Å². The molecule has 0 fully saturated rings. The maximum atomic E-state index is 5.01. The molecule has 0 N–H and O–H groups in total. The van der Waals surface area contributed by atoms with Crippen molar-refractivity contribution in [3.8, 4) is 55.9 Å². The molecule has 1 aliphatic carbocycles. The van der Waals surface area contributed by atoms with E-state index in [-0.39, 0.29) is 5.41 Å². The molecule has 0 amide bonds. The van der Waals surface area contributed by atoms with Crippen LogP contribution in [0.2, 0.25) is 13.1 Å². The van der Waals surface area contributed by atoms with E-state index < -0.39 is 8.07 Å². The van der Waals surface area contributed by atoms with Crippen LogP contribution in [0.1, 0.15) is 25.0 Å². The summed E-state index contributed by atoms with van der Waals surface area (Å²) in [6.07, 6.45) is 3.84. The number of pyridine rings is 2. The Kier molecular flexibility index (Phi) is 6.11. The van der Waals surface area contributed by atoms with Crippen LogP contribution < -0.4 is 10.4 Å². The Morgan fingerprint density at radius 3 is 1.76 bits per heavy atom. The lowest BCUT2D eigenvalue weighted by Gasteiger charge is -2.23. The van der Waals surface area contributed by atoms with E-state index in [2.05, 4.69) is 148 Å². The van der Waals surface area contributed by atoms with Gasteiger partial charge in [0.15, 0.2) is 0 Å². The van der Waals surface area contributed by atoms with Crippen molar-refractivity contribution in [1.82, 2.24) is 9.97 Å². The molecule has 10 rings (SSSR count). The van der Waals surface area contributed by atoms with Gasteiger partial charge in [-0.3, -0.25) is 9.97 Å². The van der Waals surface area contributed by atoms with Crippen LogP contribution in [0.25, 0.3) is 77.4 Å². The van der Waals surface area contributed by atoms with Gasteiger partial charge in [-0.05, 0) is 119 Å². The molecule has 0 atom stereocenters. The molecule has 6 aromatic carbocycles. The zero-order valence-electron chi connectivity index (χ0n) is 28.8. The summed E-state index contributed by atoms with van der Waals surface area (Å²) in [6.45, 7) is 9.70. The first-order valence-electron chi connectivity index (χ1n) is 17.6. The van der Waals surface area contributed by atoms with Crippen molar-refractivity contribution in [1.29, 1.82) is 0 Å². The van der Waals surface area contributed by atoms with Crippen LogP contribution in [-0.2, 0) is 5.41 Å². The lowest BCUT2D eigenvalue weighted by atomic mass is 9.81. The van der Waals surface area contributed by atoms with E-state index in [0.717, 1.165) is 11.4 Å². The first kappa shape index (κ1) is 29.3. The summed E-state index contributed by atoms with van der Waals surface area (Å²) in [7, 11) is -1.94. The molecule has 0 radical (unpaired) electrons. The quantitative estimate of drug-likeness (QED) is 0.140. The van der Waals surface area contributed by atoms with Gasteiger partial charge in [0, 0.05) is 28.9 Å². The summed E-state index contributed by atoms with van der Waals surface area (Å²) in [5.41, 5.74) is 15.0. The lowest BCUT2D eigenvalue weighted by molar-refractivity contribution is 0.660. The van der Waals surface area contributed by atoms with E-state index in [4.69, 9.17) is 9.97 Å². The zero-order valence-corrected chi connectivity index (χ0v) is 29.8. The van der Waals surface area contributed by atoms with E-state index in [9.17, 15) is 0 Å². The molecule has 3 heterocycles. The molecule has 0 unspecified atom stereocenters. The lowest BCUT2D eigenvalue weighted by Crippen LogP contribution is -2.49. The number of fused-ring (bicyclic) bond motifs is 8. The van der Waals surface area contributed by atoms with Gasteiger partial charge in [-0.15, -0.1) is 0 Å². The molecular weight excluding hydrogens is 621 g/mol. The van der Waals surface area contributed by atoms with Gasteiger partial charge in [0.25, 0.3) is 0 Å². The molecule has 2 nitrogen and oxygen atoms in total. The molecule has 0 saturated heterocycles. The topological polar surface area (TPSA) is 25.8 Å². The van der Waals surface area contributed by atoms with Gasteiger partial charge >= 0.3 is 0 Å². The van der Waals surface area contributed by atoms with Crippen molar-refractivity contribution in [3.05, 3.63) is 157 Å². The van der Waals surface area contributed by atoms with Crippen LogP contribution in [-0.4, -0.2) is 18.0 Å². The van der Waals surface area contributed by atoms with Crippen molar-refractivity contribution < 1.29 is 0 Å². The van der Waals surface area contributed by atoms with Gasteiger partial charge in [0.2, 0.25) is 0 Å². The van der Waals surface area contributed by atoms with Crippen molar-refractivity contribution >= 4 is 40.0 Å². The highest BCUT2D eigenvalue weighted by atomic mass is 28.3. The van der Waals surface area contributed by atoms with Gasteiger partial charge in [0.05, 0.1) is 11.4 Å². The second-order valence-corrected chi connectivity index (χ2v) is 19.3. The van der Waals surface area contributed by atoms with Crippen LogP contribution in [0.5, 0.6) is 0 Å². The standard InChI is InChI=1S/C47H36N2Si/c1-47(2)39-15-7-5-13-31(39)32-21-19-30(26-40(32)47)29-20-22-34-36(25-29)46(42-17-10-12-24-49-42)38-28-44-35(33-14-6-8-18-43(33)50(44,3)4)27-37(38)45(34)41-16-9-11-23-48-41/h5-28H,1-4H3. The fourth-order valence-electron chi connectivity index (χ4n) is 9.06. The Morgan fingerprint density at radius 2 is 1.02 bits per heavy atom. The third-order valence-electron chi connectivity index (χ3n) is 11.6. The van der Waals surface area contributed by atoms with E-state index in [1.165, 1.54) is 87.6 Å². The molecule has 238 valence electrons. The highest BCUT2D eigenvalue weighted by Crippen LogP contribution is 2.50. The van der Waals surface area contributed by atoms with E-state index >= 15 is 0 Å². The van der Waals surface area contributed by atoms with Crippen LogP contribution in [0.15, 0.2) is 146 Å². The Labute approximate surface area is 294 Å². The Balaban J connectivity index is 1.30. The summed E-state index contributed by atoms with van der Waals surface area (Å²) >= 11 is 0. The predicted octanol–water partition coefficient (Wildman–Crippen LogP) is 10.9. The Bertz CT molecular complexity index is 2690. The summed E-state index contributed by atoms with van der Waals surface area (Å²) in [6, 6.07) is 49.6. The molecule has 0 saturated carbocycles. The number of hydrogen-bond acceptors (Lipinski definition) is 2. The van der Waals surface area contributed by atoms with Crippen molar-refractivity contribution in [2.24, 2.45) is 0 Å². The average molecular weight is 657 g/mol. The predicted molar refractivity (Wildman–Crippen MR) is 213 cm³/mol. The summed E-state index contributed by atoms with van der Waals surface area (Å²) in [5, 5.41) is 7.86. The fourth-order valence-corrected chi connectivity index (χ4v) is 12.1. The maximum absolute atomic E-state index is 5.01. The molecule has 3 heteroatoms. The first-order chi connectivity index (χ1) is 24.3. The normalized spacial score (nSPS) is 14.7. The minimum atomic E-state index is -1.94. The van der Waals surface area contributed by atoms with E-state index in [0.29, 0.717) is 0 Å². The summed E-state index contributed by atoms with van der Waals surface area (Å²) in [5.74, 6) is 0. The number of rotatable bonds is 3. The molecule has 2 aliphatic rings. The summed E-state index contributed by atoms with van der Waals surface area (Å²) in [4.78, 5) is 9.98. The first-order valence-corrected chi connectivity index (χ1v) is 20.6. The van der Waals surface area contributed by atoms with Crippen LogP contribution >= 0.6 is 0 Å². The third-order valence-corrected chi connectivity index (χ3v) is 15.1. The molecule has 8 aromatic rings. The number of nitrogens with zero attached hydrogens (tertiary/aromatic N) is 2. The van der Waals surface area contributed by atoms with Gasteiger partial charge in [0.1, 0.15) is 8.07 Å². The maximum Gasteiger partial charge on any atom is 0.113 e. The van der Waals surface area contributed by atoms with Gasteiger partial charge < -0.3 is 0 Å². The van der Waals surface area contributed by atoms with Gasteiger partial charge in [-0.25, -0.2) is 0 Å². The fraction of sp³-hybridized carbons (Fsp3) is 0.106. The second kappa shape index (κ2) is 10.4. The third kappa shape index (κ3) is 4.01. The molecule has 1 aliphatic heterocycles. The molecular formula is C47H36N2Si. The van der Waals surface area contributed by atoms with Crippen LogP contribution in [0, 0.1) is 0 Å². The largest absolute Gasteiger partial charge is 0.256 e. The van der Waals surface area contributed by atoms with Crippen molar-refractivity contribution in [2.45, 2.75) is 32.4 Å². The van der Waals surface area contributed by atoms with E-state index in [1.54, 1.807) is 0 Å². The van der Waals surface area contributed by atoms with Crippen LogP contribution in [0.4, 0.5) is 0 Å². The van der Waals surface area contributed by atoms with E-state index in [1.807, 2.05) is 24.5 Å². The van der Waals surface area contributed by atoms with Crippen molar-refractivity contribution in [3.63, 3.8) is 0 Å². The molecule has 2 aromatic heterocycles. The van der Waals surface area contributed by atoms with Crippen molar-refractivity contribution in [2.75, 3.05) is 0 Å². The second-order valence-electron chi connectivity index (χ2n) is 15.0. The number of benzene rings is 6. The Hall–Kier alpha value is -5.64. The minimum Gasteiger partial charge on any atom is -0.256 e. The zero-order chi connectivity index (χ0) is 33.8. The highest BCUT2D eigenvalue weighted by molar-refractivity contribution is 7.04. The Morgan fingerprint density at radius 1 is 0.440 bits per heavy atom. The number of aromatic nitrogens is 2. The average Bonchev–Trinajstić information content (AvgIpc) is 3.52. The highest BCUT2D eigenvalue weighted by Gasteiger charge is 2.38.